The Morgan fingerprint density at radius 3 is 2.27 bits per heavy atom. The molecule has 1 aliphatic heterocycles. The molecule has 0 bridgehead atoms. The monoisotopic (exact) mass is 394 g/mol. The van der Waals surface area contributed by atoms with Crippen LogP contribution in [0, 0.1) is 6.92 Å². The Balaban J connectivity index is 1.66. The summed E-state index contributed by atoms with van der Waals surface area (Å²) in [5, 5.41) is 0.722. The molecule has 0 aliphatic carbocycles. The van der Waals surface area contributed by atoms with Gasteiger partial charge in [0.15, 0.2) is 0 Å². The van der Waals surface area contributed by atoms with Crippen LogP contribution in [-0.4, -0.2) is 50.9 Å². The fourth-order valence-electron chi connectivity index (χ4n) is 3.15. The summed E-state index contributed by atoms with van der Waals surface area (Å²) in [4.78, 5) is 2.61. The Morgan fingerprint density at radius 2 is 1.69 bits per heavy atom. The van der Waals surface area contributed by atoms with Crippen molar-refractivity contribution in [1.29, 1.82) is 0 Å². The van der Waals surface area contributed by atoms with Crippen LogP contribution in [0.3, 0.4) is 0 Å². The van der Waals surface area contributed by atoms with Gasteiger partial charge in [0.1, 0.15) is 5.75 Å². The summed E-state index contributed by atoms with van der Waals surface area (Å²) in [5.41, 5.74) is 1.88. The summed E-state index contributed by atoms with van der Waals surface area (Å²) in [5.74, 6) is 0.661. The minimum Gasteiger partial charge on any atom is -0.497 e. The van der Waals surface area contributed by atoms with Gasteiger partial charge in [-0.25, -0.2) is 8.42 Å². The number of sulfonamides is 1. The van der Waals surface area contributed by atoms with Crippen LogP contribution in [0.1, 0.15) is 11.1 Å². The van der Waals surface area contributed by atoms with Crippen molar-refractivity contribution in [2.24, 2.45) is 0 Å². The Kier molecular flexibility index (Phi) is 5.87. The molecule has 0 amide bonds. The largest absolute Gasteiger partial charge is 0.497 e. The van der Waals surface area contributed by atoms with E-state index in [1.165, 1.54) is 5.56 Å². The summed E-state index contributed by atoms with van der Waals surface area (Å²) in [6.07, 6.45) is 0. The number of hydrogen-bond acceptors (Lipinski definition) is 4. The summed E-state index contributed by atoms with van der Waals surface area (Å²) in [7, 11) is -1.91. The maximum atomic E-state index is 13.0. The van der Waals surface area contributed by atoms with Crippen LogP contribution in [-0.2, 0) is 16.6 Å². The number of aryl methyl sites for hydroxylation is 1. The van der Waals surface area contributed by atoms with E-state index in [9.17, 15) is 8.42 Å². The van der Waals surface area contributed by atoms with E-state index in [1.807, 2.05) is 24.3 Å². The van der Waals surface area contributed by atoms with Crippen LogP contribution >= 0.6 is 11.6 Å². The van der Waals surface area contributed by atoms with Crippen molar-refractivity contribution >= 4 is 21.6 Å². The maximum Gasteiger partial charge on any atom is 0.243 e. The first kappa shape index (κ1) is 19.2. The summed E-state index contributed by atoms with van der Waals surface area (Å²) < 4.78 is 32.7. The minimum atomic E-state index is -3.49. The van der Waals surface area contributed by atoms with Gasteiger partial charge in [-0.2, -0.15) is 4.31 Å². The molecule has 5 nitrogen and oxygen atoms in total. The van der Waals surface area contributed by atoms with Gasteiger partial charge in [0.05, 0.1) is 12.0 Å². The fourth-order valence-corrected chi connectivity index (χ4v) is 4.91. The number of methoxy groups -OCH3 is 1. The van der Waals surface area contributed by atoms with E-state index in [0.717, 1.165) is 11.6 Å². The molecule has 1 aliphatic rings. The number of rotatable bonds is 5. The second-order valence-electron chi connectivity index (χ2n) is 6.44. The second kappa shape index (κ2) is 7.96. The van der Waals surface area contributed by atoms with E-state index in [4.69, 9.17) is 16.3 Å². The normalized spacial score (nSPS) is 16.6. The highest BCUT2D eigenvalue weighted by molar-refractivity contribution is 7.89. The molecule has 3 rings (SSSR count). The highest BCUT2D eigenvalue weighted by Crippen LogP contribution is 2.25. The molecule has 0 spiro atoms. The van der Waals surface area contributed by atoms with Crippen molar-refractivity contribution in [3.8, 4) is 5.75 Å². The van der Waals surface area contributed by atoms with Crippen molar-refractivity contribution in [1.82, 2.24) is 9.21 Å². The lowest BCUT2D eigenvalue weighted by molar-refractivity contribution is 0.181. The van der Waals surface area contributed by atoms with Crippen LogP contribution in [0.4, 0.5) is 0 Å². The molecule has 0 N–H and O–H groups in total. The van der Waals surface area contributed by atoms with Gasteiger partial charge >= 0.3 is 0 Å². The van der Waals surface area contributed by atoms with Gasteiger partial charge in [-0.15, -0.1) is 0 Å². The zero-order chi connectivity index (χ0) is 18.7. The number of ether oxygens (including phenoxy) is 1. The molecule has 0 aromatic heterocycles. The first-order valence-electron chi connectivity index (χ1n) is 8.52. The Morgan fingerprint density at radius 1 is 1.04 bits per heavy atom. The molecule has 1 fully saturated rings. The molecular weight excluding hydrogens is 372 g/mol. The van der Waals surface area contributed by atoms with Crippen LogP contribution in [0.25, 0.3) is 0 Å². The molecule has 2 aromatic rings. The molecule has 0 radical (unpaired) electrons. The van der Waals surface area contributed by atoms with Crippen molar-refractivity contribution in [3.63, 3.8) is 0 Å². The first-order valence-corrected chi connectivity index (χ1v) is 10.3. The average molecular weight is 395 g/mol. The van der Waals surface area contributed by atoms with Crippen LogP contribution in [0.2, 0.25) is 5.02 Å². The van der Waals surface area contributed by atoms with Gasteiger partial charge in [0.25, 0.3) is 0 Å². The van der Waals surface area contributed by atoms with E-state index in [2.05, 4.69) is 4.90 Å². The molecule has 7 heteroatoms. The molecule has 0 atom stereocenters. The SMILES string of the molecule is COc1ccc(S(=O)(=O)N2CCN(Cc3ccc(Cl)cc3)CC2)c(C)c1. The third kappa shape index (κ3) is 4.20. The number of hydrogen-bond donors (Lipinski definition) is 0. The maximum absolute atomic E-state index is 13.0. The smallest absolute Gasteiger partial charge is 0.243 e. The number of halogens is 1. The zero-order valence-corrected chi connectivity index (χ0v) is 16.6. The predicted octanol–water partition coefficient (Wildman–Crippen LogP) is 3.16. The van der Waals surface area contributed by atoms with E-state index in [-0.39, 0.29) is 0 Å². The molecule has 0 unspecified atom stereocenters. The van der Waals surface area contributed by atoms with E-state index in [1.54, 1.807) is 36.5 Å². The summed E-state index contributed by atoms with van der Waals surface area (Å²) >= 11 is 5.92. The Hall–Kier alpha value is -1.60. The average Bonchev–Trinajstić information content (AvgIpc) is 2.63. The molecule has 1 heterocycles. The first-order chi connectivity index (χ1) is 12.4. The Bertz CT molecular complexity index is 861. The number of benzene rings is 2. The van der Waals surface area contributed by atoms with Crippen LogP contribution in [0.5, 0.6) is 5.75 Å². The molecule has 140 valence electrons. The summed E-state index contributed by atoms with van der Waals surface area (Å²) in [6, 6.07) is 12.8. The zero-order valence-electron chi connectivity index (χ0n) is 15.0. The molecular formula is C19H23ClN2O3S. The second-order valence-corrected chi connectivity index (χ2v) is 8.78. The van der Waals surface area contributed by atoms with Crippen molar-refractivity contribution in [3.05, 3.63) is 58.6 Å². The van der Waals surface area contributed by atoms with Crippen LogP contribution in [0.15, 0.2) is 47.4 Å². The molecule has 1 saturated heterocycles. The predicted molar refractivity (Wildman–Crippen MR) is 103 cm³/mol. The van der Waals surface area contributed by atoms with Crippen molar-refractivity contribution in [2.75, 3.05) is 33.3 Å². The Labute approximate surface area is 160 Å². The van der Waals surface area contributed by atoms with E-state index < -0.39 is 10.0 Å². The number of piperazine rings is 1. The molecule has 0 saturated carbocycles. The van der Waals surface area contributed by atoms with Gasteiger partial charge < -0.3 is 4.74 Å². The lowest BCUT2D eigenvalue weighted by Gasteiger charge is -2.34. The highest BCUT2D eigenvalue weighted by atomic mass is 35.5. The highest BCUT2D eigenvalue weighted by Gasteiger charge is 2.29. The third-order valence-corrected chi connectivity index (χ3v) is 6.96. The van der Waals surface area contributed by atoms with Crippen molar-refractivity contribution < 1.29 is 13.2 Å². The van der Waals surface area contributed by atoms with Gasteiger partial charge in [0, 0.05) is 37.7 Å². The van der Waals surface area contributed by atoms with Crippen LogP contribution < -0.4 is 4.74 Å². The molecule has 2 aromatic carbocycles. The van der Waals surface area contributed by atoms with Gasteiger partial charge in [-0.05, 0) is 48.4 Å². The lowest BCUT2D eigenvalue weighted by Crippen LogP contribution is -2.48. The van der Waals surface area contributed by atoms with E-state index in [0.29, 0.717) is 42.4 Å². The van der Waals surface area contributed by atoms with E-state index >= 15 is 0 Å². The third-order valence-electron chi connectivity index (χ3n) is 4.65. The number of nitrogens with zero attached hydrogens (tertiary/aromatic N) is 2. The lowest BCUT2D eigenvalue weighted by atomic mass is 10.2. The minimum absolute atomic E-state index is 0.351. The molecule has 26 heavy (non-hydrogen) atoms. The van der Waals surface area contributed by atoms with Gasteiger partial charge in [0.2, 0.25) is 10.0 Å². The topological polar surface area (TPSA) is 49.9 Å². The fraction of sp³-hybridized carbons (Fsp3) is 0.368. The summed E-state index contributed by atoms with van der Waals surface area (Å²) in [6.45, 7) is 4.98. The van der Waals surface area contributed by atoms with Gasteiger partial charge in [-0.1, -0.05) is 23.7 Å². The quantitative estimate of drug-likeness (QED) is 0.781. The standard InChI is InChI=1S/C19H23ClN2O3S/c1-15-13-18(25-2)7-8-19(15)26(23,24)22-11-9-21(10-12-22)14-16-3-5-17(20)6-4-16/h3-8,13H,9-12,14H2,1-2H3. The van der Waals surface area contributed by atoms with Crippen molar-refractivity contribution in [2.45, 2.75) is 18.4 Å². The van der Waals surface area contributed by atoms with Gasteiger partial charge in [-0.3, -0.25) is 4.90 Å².